The fourth-order valence-electron chi connectivity index (χ4n) is 4.77. The number of aromatic nitrogens is 1. The Balaban J connectivity index is 1.42. The first-order valence-corrected chi connectivity index (χ1v) is 12.5. The van der Waals surface area contributed by atoms with E-state index >= 15 is 0 Å². The highest BCUT2D eigenvalue weighted by Gasteiger charge is 2.20. The molecule has 0 atom stereocenters. The molecule has 1 aliphatic carbocycles. The fraction of sp³-hybridized carbons (Fsp3) is 0.607. The molecular formula is C28H41NO. The molecule has 0 bridgehead atoms. The van der Waals surface area contributed by atoms with Gasteiger partial charge in [-0.1, -0.05) is 77.7 Å². The second kappa shape index (κ2) is 12.8. The van der Waals surface area contributed by atoms with Gasteiger partial charge < -0.3 is 4.74 Å². The predicted molar refractivity (Wildman–Crippen MR) is 128 cm³/mol. The Labute approximate surface area is 184 Å². The first-order valence-electron chi connectivity index (χ1n) is 12.5. The lowest BCUT2D eigenvalue weighted by atomic mass is 9.78. The van der Waals surface area contributed by atoms with Crippen LogP contribution in [0.2, 0.25) is 0 Å². The second-order valence-corrected chi connectivity index (χ2v) is 9.20. The van der Waals surface area contributed by atoms with Gasteiger partial charge in [0.05, 0.1) is 12.3 Å². The van der Waals surface area contributed by atoms with E-state index in [2.05, 4.69) is 56.4 Å². The first-order chi connectivity index (χ1) is 14.8. The third-order valence-electron chi connectivity index (χ3n) is 6.75. The van der Waals surface area contributed by atoms with Gasteiger partial charge in [-0.25, -0.2) is 0 Å². The summed E-state index contributed by atoms with van der Waals surface area (Å²) in [5.41, 5.74) is 3.59. The Kier molecular flexibility index (Phi) is 9.73. The third kappa shape index (κ3) is 7.45. The largest absolute Gasteiger partial charge is 0.494 e. The Morgan fingerprint density at radius 1 is 0.800 bits per heavy atom. The summed E-state index contributed by atoms with van der Waals surface area (Å²) in [5.74, 6) is 2.89. The van der Waals surface area contributed by atoms with E-state index in [9.17, 15) is 0 Å². The van der Waals surface area contributed by atoms with E-state index in [-0.39, 0.29) is 0 Å². The van der Waals surface area contributed by atoms with E-state index in [1.807, 2.05) is 0 Å². The smallest absolute Gasteiger partial charge is 0.119 e. The highest BCUT2D eigenvalue weighted by atomic mass is 16.5. The summed E-state index contributed by atoms with van der Waals surface area (Å²) >= 11 is 0. The average molecular weight is 408 g/mol. The topological polar surface area (TPSA) is 22.1 Å². The zero-order valence-corrected chi connectivity index (χ0v) is 19.2. The lowest BCUT2D eigenvalue weighted by Gasteiger charge is -2.28. The lowest BCUT2D eigenvalue weighted by Crippen LogP contribution is -2.15. The summed E-state index contributed by atoms with van der Waals surface area (Å²) in [6.45, 7) is 5.37. The van der Waals surface area contributed by atoms with Crippen LogP contribution in [-0.2, 0) is 6.42 Å². The van der Waals surface area contributed by atoms with Crippen molar-refractivity contribution in [1.29, 1.82) is 0 Å². The van der Waals surface area contributed by atoms with Crippen molar-refractivity contribution in [3.8, 4) is 17.0 Å². The minimum Gasteiger partial charge on any atom is -0.494 e. The summed E-state index contributed by atoms with van der Waals surface area (Å²) in [5, 5.41) is 0. The molecule has 0 spiro atoms. The average Bonchev–Trinajstić information content (AvgIpc) is 2.79. The van der Waals surface area contributed by atoms with Crippen molar-refractivity contribution < 1.29 is 4.74 Å². The van der Waals surface area contributed by atoms with Crippen molar-refractivity contribution >= 4 is 0 Å². The number of nitrogens with zero attached hydrogens (tertiary/aromatic N) is 1. The van der Waals surface area contributed by atoms with Crippen molar-refractivity contribution in [3.05, 3.63) is 48.2 Å². The van der Waals surface area contributed by atoms with E-state index in [1.54, 1.807) is 0 Å². The molecule has 1 heterocycles. The maximum atomic E-state index is 5.85. The molecule has 30 heavy (non-hydrogen) atoms. The molecule has 0 aliphatic heterocycles. The molecule has 2 aromatic rings. The molecule has 0 radical (unpaired) electrons. The normalized spacial score (nSPS) is 19.0. The van der Waals surface area contributed by atoms with Gasteiger partial charge in [0.15, 0.2) is 0 Å². The summed E-state index contributed by atoms with van der Waals surface area (Å²) in [6, 6.07) is 12.8. The maximum Gasteiger partial charge on any atom is 0.119 e. The second-order valence-electron chi connectivity index (χ2n) is 9.20. The number of pyridine rings is 1. The van der Waals surface area contributed by atoms with Crippen LogP contribution in [0.1, 0.15) is 90.0 Å². The molecule has 0 amide bonds. The highest BCUT2D eigenvalue weighted by molar-refractivity contribution is 5.60. The quantitative estimate of drug-likeness (QED) is 0.330. The molecule has 2 nitrogen and oxygen atoms in total. The number of benzene rings is 1. The zero-order valence-electron chi connectivity index (χ0n) is 19.2. The molecule has 1 saturated carbocycles. The first kappa shape index (κ1) is 22.8. The van der Waals surface area contributed by atoms with Gasteiger partial charge in [0, 0.05) is 11.8 Å². The van der Waals surface area contributed by atoms with Gasteiger partial charge in [0.2, 0.25) is 0 Å². The molecule has 0 unspecified atom stereocenters. The minimum absolute atomic E-state index is 0.812. The molecule has 3 rings (SSSR count). The van der Waals surface area contributed by atoms with Gasteiger partial charge >= 0.3 is 0 Å². The summed E-state index contributed by atoms with van der Waals surface area (Å²) in [4.78, 5) is 4.73. The van der Waals surface area contributed by atoms with Gasteiger partial charge in [-0.15, -0.1) is 0 Å². The van der Waals surface area contributed by atoms with E-state index in [4.69, 9.17) is 9.72 Å². The zero-order chi connectivity index (χ0) is 21.0. The third-order valence-corrected chi connectivity index (χ3v) is 6.75. The number of aryl methyl sites for hydroxylation is 1. The van der Waals surface area contributed by atoms with E-state index < -0.39 is 0 Å². The molecule has 164 valence electrons. The molecular weight excluding hydrogens is 366 g/mol. The predicted octanol–water partition coefficient (Wildman–Crippen LogP) is 8.25. The van der Waals surface area contributed by atoms with Crippen LogP contribution >= 0.6 is 0 Å². The van der Waals surface area contributed by atoms with E-state index in [1.165, 1.54) is 76.2 Å². The van der Waals surface area contributed by atoms with Crippen LogP contribution in [0.25, 0.3) is 11.3 Å². The van der Waals surface area contributed by atoms with Crippen molar-refractivity contribution in [3.63, 3.8) is 0 Å². The van der Waals surface area contributed by atoms with Crippen LogP contribution in [0.15, 0.2) is 42.6 Å². The van der Waals surface area contributed by atoms with Gasteiger partial charge in [-0.2, -0.15) is 0 Å². The van der Waals surface area contributed by atoms with Crippen LogP contribution in [-0.4, -0.2) is 11.6 Å². The molecule has 1 aromatic carbocycles. The minimum atomic E-state index is 0.812. The maximum absolute atomic E-state index is 5.85. The van der Waals surface area contributed by atoms with E-state index in [0.29, 0.717) is 0 Å². The number of ether oxygens (including phenoxy) is 1. The Morgan fingerprint density at radius 2 is 1.53 bits per heavy atom. The molecule has 1 aromatic heterocycles. The van der Waals surface area contributed by atoms with Crippen molar-refractivity contribution in [2.45, 2.75) is 90.9 Å². The standard InChI is InChI=1S/C28H41NO/c1-3-5-6-7-21-30-27-18-16-26(17-19-27)28-20-15-25(22-29-28)14-13-24-11-9-23(8-4-2)10-12-24/h15-20,22-24H,3-14,21H2,1-2H3. The van der Waals surface area contributed by atoms with Crippen LogP contribution in [0.5, 0.6) is 5.75 Å². The number of unbranched alkanes of at least 4 members (excludes halogenated alkanes) is 3. The van der Waals surface area contributed by atoms with Gasteiger partial charge in [-0.05, 0) is 67.0 Å². The van der Waals surface area contributed by atoms with Gasteiger partial charge in [-0.3, -0.25) is 4.98 Å². The van der Waals surface area contributed by atoms with Gasteiger partial charge in [0.25, 0.3) is 0 Å². The van der Waals surface area contributed by atoms with Crippen molar-refractivity contribution in [2.24, 2.45) is 11.8 Å². The lowest BCUT2D eigenvalue weighted by molar-refractivity contribution is 0.252. The SMILES string of the molecule is CCCCCCOc1ccc(-c2ccc(CCC3CCC(CCC)CC3)cn2)cc1. The van der Waals surface area contributed by atoms with Crippen molar-refractivity contribution in [1.82, 2.24) is 4.98 Å². The number of hydrogen-bond acceptors (Lipinski definition) is 2. The molecule has 1 aliphatic rings. The van der Waals surface area contributed by atoms with Crippen LogP contribution in [0.4, 0.5) is 0 Å². The summed E-state index contributed by atoms with van der Waals surface area (Å²) in [7, 11) is 0. The Hall–Kier alpha value is -1.83. The van der Waals surface area contributed by atoms with Gasteiger partial charge in [0.1, 0.15) is 5.75 Å². The molecule has 2 heteroatoms. The van der Waals surface area contributed by atoms with Crippen LogP contribution < -0.4 is 4.74 Å². The Bertz CT molecular complexity index is 698. The number of hydrogen-bond donors (Lipinski definition) is 0. The monoisotopic (exact) mass is 407 g/mol. The number of rotatable bonds is 12. The van der Waals surface area contributed by atoms with Crippen molar-refractivity contribution in [2.75, 3.05) is 6.61 Å². The van der Waals surface area contributed by atoms with E-state index in [0.717, 1.165) is 41.9 Å². The summed E-state index contributed by atoms with van der Waals surface area (Å²) < 4.78 is 5.85. The molecule has 0 N–H and O–H groups in total. The van der Waals surface area contributed by atoms with Crippen LogP contribution in [0.3, 0.4) is 0 Å². The fourth-order valence-corrected chi connectivity index (χ4v) is 4.77. The molecule has 0 saturated heterocycles. The van der Waals surface area contributed by atoms with Crippen LogP contribution in [0, 0.1) is 11.8 Å². The Morgan fingerprint density at radius 3 is 2.17 bits per heavy atom. The highest BCUT2D eigenvalue weighted by Crippen LogP contribution is 2.33. The molecule has 1 fully saturated rings. The summed E-state index contributed by atoms with van der Waals surface area (Å²) in [6.07, 6.45) is 18.1.